The Labute approximate surface area is 104 Å². The minimum absolute atomic E-state index is 0.0664. The molecule has 2 N–H and O–H groups in total. The van der Waals surface area contributed by atoms with Gasteiger partial charge >= 0.3 is 0 Å². The molecule has 0 radical (unpaired) electrons. The van der Waals surface area contributed by atoms with E-state index in [-0.39, 0.29) is 5.78 Å². The van der Waals surface area contributed by atoms with E-state index in [1.54, 1.807) is 18.3 Å². The van der Waals surface area contributed by atoms with Crippen molar-refractivity contribution in [2.45, 2.75) is 19.8 Å². The molecule has 0 amide bonds. The van der Waals surface area contributed by atoms with Crippen molar-refractivity contribution >= 4 is 22.1 Å². The summed E-state index contributed by atoms with van der Waals surface area (Å²) in [7, 11) is 0. The fourth-order valence-electron chi connectivity index (χ4n) is 2.54. The first-order valence-electron chi connectivity index (χ1n) is 5.69. The third kappa shape index (κ3) is 1.50. The summed E-state index contributed by atoms with van der Waals surface area (Å²) < 4.78 is 0. The molecular formula is C14H13NOS. The van der Waals surface area contributed by atoms with Crippen LogP contribution in [0.1, 0.15) is 27.7 Å². The van der Waals surface area contributed by atoms with Crippen molar-refractivity contribution in [3.05, 3.63) is 40.3 Å². The van der Waals surface area contributed by atoms with E-state index in [0.29, 0.717) is 5.00 Å². The zero-order valence-electron chi connectivity index (χ0n) is 9.62. The predicted octanol–water partition coefficient (Wildman–Crippen LogP) is 3.30. The molecule has 0 bridgehead atoms. The smallest absolute Gasteiger partial charge is 0.163 e. The molecule has 0 aliphatic heterocycles. The molecule has 1 aromatic carbocycles. The number of Topliss-reactive ketones (excluding diaryl/α,β-unsaturated/α-hetero) is 1. The molecule has 3 heteroatoms. The fraction of sp³-hybridized carbons (Fsp3) is 0.214. The van der Waals surface area contributed by atoms with E-state index < -0.39 is 0 Å². The van der Waals surface area contributed by atoms with Crippen LogP contribution in [0.4, 0.5) is 5.00 Å². The van der Waals surface area contributed by atoms with Crippen LogP contribution in [0.2, 0.25) is 0 Å². The maximum Gasteiger partial charge on any atom is 0.163 e. The lowest BCUT2D eigenvalue weighted by molar-refractivity contribution is 0.101. The largest absolute Gasteiger partial charge is 0.390 e. The van der Waals surface area contributed by atoms with Crippen LogP contribution in [0.25, 0.3) is 11.1 Å². The second kappa shape index (κ2) is 3.70. The number of aryl methyl sites for hydroxylation is 2. The van der Waals surface area contributed by atoms with E-state index in [9.17, 15) is 4.79 Å². The summed E-state index contributed by atoms with van der Waals surface area (Å²) in [6.45, 7) is 1.59. The molecule has 0 fully saturated rings. The van der Waals surface area contributed by atoms with E-state index >= 15 is 0 Å². The van der Waals surface area contributed by atoms with Gasteiger partial charge in [-0.05, 0) is 30.9 Å². The first-order chi connectivity index (χ1) is 8.18. The van der Waals surface area contributed by atoms with Gasteiger partial charge in [0.2, 0.25) is 0 Å². The van der Waals surface area contributed by atoms with Gasteiger partial charge in [-0.25, -0.2) is 0 Å². The second-order valence-corrected chi connectivity index (χ2v) is 5.49. The highest BCUT2D eigenvalue weighted by atomic mass is 32.1. The van der Waals surface area contributed by atoms with Crippen molar-refractivity contribution in [3.63, 3.8) is 0 Å². The summed E-state index contributed by atoms with van der Waals surface area (Å²) in [5.41, 5.74) is 10.3. The number of benzene rings is 1. The number of rotatable bonds is 1. The molecule has 0 unspecified atom stereocenters. The summed E-state index contributed by atoms with van der Waals surface area (Å²) in [5, 5.41) is 0.666. The first kappa shape index (κ1) is 10.5. The zero-order chi connectivity index (χ0) is 12.0. The highest BCUT2D eigenvalue weighted by molar-refractivity contribution is 7.17. The van der Waals surface area contributed by atoms with Gasteiger partial charge in [-0.2, -0.15) is 0 Å². The van der Waals surface area contributed by atoms with Crippen LogP contribution in [-0.2, 0) is 12.8 Å². The van der Waals surface area contributed by atoms with Crippen molar-refractivity contribution in [3.8, 4) is 11.1 Å². The van der Waals surface area contributed by atoms with Crippen molar-refractivity contribution in [1.82, 2.24) is 0 Å². The topological polar surface area (TPSA) is 43.1 Å². The lowest BCUT2D eigenvalue weighted by atomic mass is 9.87. The molecule has 0 atom stereocenters. The van der Waals surface area contributed by atoms with Gasteiger partial charge in [-0.3, -0.25) is 4.79 Å². The van der Waals surface area contributed by atoms with Crippen LogP contribution in [0.15, 0.2) is 24.3 Å². The SMILES string of the molecule is CC(=O)c1c(N)sc2c1-c1ccccc1CC2. The number of hydrogen-bond donors (Lipinski definition) is 1. The molecule has 86 valence electrons. The lowest BCUT2D eigenvalue weighted by Gasteiger charge is -2.16. The molecule has 1 aliphatic carbocycles. The Morgan fingerprint density at radius 2 is 2.06 bits per heavy atom. The molecule has 1 aliphatic rings. The predicted molar refractivity (Wildman–Crippen MR) is 71.6 cm³/mol. The van der Waals surface area contributed by atoms with Crippen LogP contribution in [0.3, 0.4) is 0 Å². The average Bonchev–Trinajstić information content (AvgIpc) is 2.65. The summed E-state index contributed by atoms with van der Waals surface area (Å²) in [5.74, 6) is 0.0664. The minimum atomic E-state index is 0.0664. The Hall–Kier alpha value is -1.61. The number of nitrogens with two attached hydrogens (primary N) is 1. The van der Waals surface area contributed by atoms with Crippen molar-refractivity contribution in [1.29, 1.82) is 0 Å². The van der Waals surface area contributed by atoms with E-state index in [1.165, 1.54) is 16.0 Å². The molecule has 0 spiro atoms. The second-order valence-electron chi connectivity index (χ2n) is 4.35. The molecule has 1 heterocycles. The Morgan fingerprint density at radius 1 is 1.29 bits per heavy atom. The molecule has 3 rings (SSSR count). The van der Waals surface area contributed by atoms with Crippen LogP contribution in [0, 0.1) is 0 Å². The zero-order valence-corrected chi connectivity index (χ0v) is 10.4. The lowest BCUT2D eigenvalue weighted by Crippen LogP contribution is -2.04. The maximum absolute atomic E-state index is 11.7. The summed E-state index contributed by atoms with van der Waals surface area (Å²) >= 11 is 1.57. The van der Waals surface area contributed by atoms with Crippen LogP contribution in [-0.4, -0.2) is 5.78 Å². The number of hydrogen-bond acceptors (Lipinski definition) is 3. The minimum Gasteiger partial charge on any atom is -0.390 e. The third-order valence-corrected chi connectivity index (χ3v) is 4.35. The number of ketones is 1. The number of carbonyl (C=O) groups is 1. The number of nitrogen functional groups attached to an aromatic ring is 1. The standard InChI is InChI=1S/C14H13NOS/c1-8(16)12-13-10-5-3-2-4-9(10)6-7-11(13)17-14(12)15/h2-5H,6-7,15H2,1H3. The summed E-state index contributed by atoms with van der Waals surface area (Å²) in [4.78, 5) is 13.0. The van der Waals surface area contributed by atoms with Gasteiger partial charge in [0.1, 0.15) is 0 Å². The first-order valence-corrected chi connectivity index (χ1v) is 6.50. The van der Waals surface area contributed by atoms with Crippen molar-refractivity contribution < 1.29 is 4.79 Å². The monoisotopic (exact) mass is 243 g/mol. The van der Waals surface area contributed by atoms with Gasteiger partial charge in [0, 0.05) is 10.4 Å². The Balaban J connectivity index is 2.34. The molecule has 2 nitrogen and oxygen atoms in total. The van der Waals surface area contributed by atoms with E-state index in [2.05, 4.69) is 12.1 Å². The molecule has 1 aromatic heterocycles. The quantitative estimate of drug-likeness (QED) is 0.781. The van der Waals surface area contributed by atoms with Gasteiger partial charge in [0.25, 0.3) is 0 Å². The molecule has 17 heavy (non-hydrogen) atoms. The van der Waals surface area contributed by atoms with Gasteiger partial charge in [0.05, 0.1) is 10.6 Å². The van der Waals surface area contributed by atoms with Crippen LogP contribution >= 0.6 is 11.3 Å². The molecule has 0 saturated heterocycles. The van der Waals surface area contributed by atoms with E-state index in [1.807, 2.05) is 12.1 Å². The van der Waals surface area contributed by atoms with Gasteiger partial charge < -0.3 is 5.73 Å². The number of fused-ring (bicyclic) bond motifs is 3. The fourth-order valence-corrected chi connectivity index (χ4v) is 3.67. The van der Waals surface area contributed by atoms with Crippen LogP contribution in [0.5, 0.6) is 0 Å². The van der Waals surface area contributed by atoms with Crippen molar-refractivity contribution in [2.24, 2.45) is 0 Å². The van der Waals surface area contributed by atoms with E-state index in [4.69, 9.17) is 5.73 Å². The van der Waals surface area contributed by atoms with Crippen LogP contribution < -0.4 is 5.73 Å². The maximum atomic E-state index is 11.7. The van der Waals surface area contributed by atoms with Gasteiger partial charge in [-0.1, -0.05) is 24.3 Å². The highest BCUT2D eigenvalue weighted by Gasteiger charge is 2.25. The normalized spacial score (nSPS) is 13.0. The van der Waals surface area contributed by atoms with Gasteiger partial charge in [-0.15, -0.1) is 11.3 Å². The molecule has 0 saturated carbocycles. The average molecular weight is 243 g/mol. The number of carbonyl (C=O) groups excluding carboxylic acids is 1. The molecular weight excluding hydrogens is 230 g/mol. The number of anilines is 1. The van der Waals surface area contributed by atoms with Crippen molar-refractivity contribution in [2.75, 3.05) is 5.73 Å². The Bertz CT molecular complexity index is 613. The van der Waals surface area contributed by atoms with E-state index in [0.717, 1.165) is 24.0 Å². The summed E-state index contributed by atoms with van der Waals surface area (Å²) in [6, 6.07) is 8.29. The molecule has 2 aromatic rings. The third-order valence-electron chi connectivity index (χ3n) is 3.27. The Kier molecular flexibility index (Phi) is 2.30. The van der Waals surface area contributed by atoms with Gasteiger partial charge in [0.15, 0.2) is 5.78 Å². The summed E-state index contributed by atoms with van der Waals surface area (Å²) in [6.07, 6.45) is 2.04. The highest BCUT2D eigenvalue weighted by Crippen LogP contribution is 2.43. The Morgan fingerprint density at radius 3 is 2.82 bits per heavy atom. The number of thiophene rings is 1.